The Bertz CT molecular complexity index is 3630. The zero-order valence-corrected chi connectivity index (χ0v) is 37.1. The predicted molar refractivity (Wildman–Crippen MR) is 294 cm³/mol. The van der Waals surface area contributed by atoms with E-state index in [2.05, 4.69) is 240 Å². The van der Waals surface area contributed by atoms with Gasteiger partial charge >= 0.3 is 0 Å². The molecular weight excluding hydrogens is 752 g/mol. The van der Waals surface area contributed by atoms with Gasteiger partial charge in [0.1, 0.15) is 54.9 Å². The van der Waals surface area contributed by atoms with Crippen molar-refractivity contribution in [1.29, 1.82) is 0 Å². The molecule has 0 aliphatic carbocycles. The smallest absolute Gasteiger partial charge is 0.141 e. The largest absolute Gasteiger partial charge is 0.310 e. The first-order chi connectivity index (χ1) is 30.7. The highest BCUT2D eigenvalue weighted by Gasteiger charge is 2.26. The summed E-state index contributed by atoms with van der Waals surface area (Å²) in [6, 6.07) is 64.4. The first kappa shape index (κ1) is 38.9. The molecule has 0 bridgehead atoms. The van der Waals surface area contributed by atoms with Gasteiger partial charge < -0.3 is 9.13 Å². The van der Waals surface area contributed by atoms with Crippen molar-refractivity contribution >= 4 is 137 Å². The minimum atomic E-state index is 1.15. The molecule has 11 rings (SSSR count). The van der Waals surface area contributed by atoms with Crippen molar-refractivity contribution in [3.63, 3.8) is 0 Å². The topological polar surface area (TPSA) is 9.86 Å². The second kappa shape index (κ2) is 15.1. The van der Waals surface area contributed by atoms with Gasteiger partial charge in [-0.15, -0.1) is 5.46 Å². The maximum absolute atomic E-state index is 2.60. The molecule has 9 heteroatoms. The molecule has 0 atom stereocenters. The summed E-state index contributed by atoms with van der Waals surface area (Å²) >= 11 is 0. The van der Waals surface area contributed by atoms with Crippen molar-refractivity contribution in [2.45, 2.75) is 0 Å². The van der Waals surface area contributed by atoms with Crippen molar-refractivity contribution in [3.8, 4) is 55.9 Å². The van der Waals surface area contributed by atoms with Gasteiger partial charge in [0.05, 0.1) is 16.7 Å². The lowest BCUT2D eigenvalue weighted by Gasteiger charge is -2.20. The van der Waals surface area contributed by atoms with Crippen molar-refractivity contribution < 1.29 is 0 Å². The third-order valence-corrected chi connectivity index (χ3v) is 14.2. The minimum Gasteiger partial charge on any atom is -0.310 e. The summed E-state index contributed by atoms with van der Waals surface area (Å²) in [6.07, 6.45) is 0. The van der Waals surface area contributed by atoms with Gasteiger partial charge in [-0.05, 0) is 69.1 Å². The van der Waals surface area contributed by atoms with Crippen LogP contribution in [-0.4, -0.2) is 64.1 Å². The number of rotatable bonds is 6. The highest BCUT2D eigenvalue weighted by Crippen LogP contribution is 2.41. The van der Waals surface area contributed by atoms with Crippen molar-refractivity contribution in [2.75, 3.05) is 0 Å². The van der Waals surface area contributed by atoms with Crippen LogP contribution in [-0.2, 0) is 0 Å². The summed E-state index contributed by atoms with van der Waals surface area (Å²) in [5.74, 6) is 0. The maximum atomic E-state index is 2.60. The normalized spacial score (nSPS) is 11.6. The van der Waals surface area contributed by atoms with Crippen LogP contribution >= 0.6 is 0 Å². The second-order valence-electron chi connectivity index (χ2n) is 17.5. The summed E-state index contributed by atoms with van der Waals surface area (Å²) in [7, 11) is 16.3. The lowest BCUT2D eigenvalue weighted by atomic mass is 9.64. The van der Waals surface area contributed by atoms with Gasteiger partial charge in [-0.2, -0.15) is 0 Å². The molecule has 0 unspecified atom stereocenters. The van der Waals surface area contributed by atoms with Crippen LogP contribution in [0.3, 0.4) is 0 Å². The van der Waals surface area contributed by atoms with Crippen LogP contribution in [0.2, 0.25) is 0 Å². The van der Waals surface area contributed by atoms with Crippen LogP contribution in [0.5, 0.6) is 0 Å². The average molecular weight is 796 g/mol. The van der Waals surface area contributed by atoms with E-state index in [1.165, 1.54) is 132 Å². The van der Waals surface area contributed by atoms with Crippen LogP contribution in [0.4, 0.5) is 0 Å². The standard InChI is InChI=1S/C54H43B7N2/c55-45-42(46(56)50(60)53-43(45)44-47(57)48(58)49(59)51(61)54(44)63(53)40-25-11-10-22-36(40)31-16-6-2-7-17-31)34-26-27-41-39(29-34)38-24-13-23-37(32-18-8-3-9-19-32)52(38)62(41)35-21-12-20-33(28-35)30-14-4-1-5-15-30/h1-29H,55-61H2. The minimum absolute atomic E-state index is 1.15. The third-order valence-electron chi connectivity index (χ3n) is 14.2. The first-order valence-electron chi connectivity index (χ1n) is 22.2. The highest BCUT2D eigenvalue weighted by atomic mass is 15.0. The van der Waals surface area contributed by atoms with E-state index >= 15 is 0 Å². The highest BCUT2D eigenvalue weighted by molar-refractivity contribution is 6.69. The molecular formula is C54H43B7N2. The van der Waals surface area contributed by atoms with E-state index in [0.29, 0.717) is 0 Å². The molecule has 0 N–H and O–H groups in total. The Hall–Kier alpha value is -6.97. The number of benzene rings is 9. The van der Waals surface area contributed by atoms with E-state index in [0.717, 1.165) is 5.69 Å². The fourth-order valence-electron chi connectivity index (χ4n) is 10.7. The van der Waals surface area contributed by atoms with Gasteiger partial charge in [0, 0.05) is 44.0 Å². The van der Waals surface area contributed by atoms with E-state index in [-0.39, 0.29) is 0 Å². The number of aromatic nitrogens is 2. The zero-order valence-electron chi connectivity index (χ0n) is 37.1. The molecule has 0 aliphatic rings. The van der Waals surface area contributed by atoms with Crippen molar-refractivity contribution in [2.24, 2.45) is 0 Å². The van der Waals surface area contributed by atoms with E-state index in [4.69, 9.17) is 0 Å². The average Bonchev–Trinajstić information content (AvgIpc) is 3.87. The van der Waals surface area contributed by atoms with Crippen molar-refractivity contribution in [1.82, 2.24) is 9.13 Å². The number of nitrogens with zero attached hydrogens (tertiary/aromatic N) is 2. The Labute approximate surface area is 375 Å². The number of hydrogen-bond donors (Lipinski definition) is 0. The summed E-state index contributed by atoms with van der Waals surface area (Å²) < 4.78 is 5.10. The van der Waals surface area contributed by atoms with Gasteiger partial charge in [-0.3, -0.25) is 0 Å². The molecule has 0 saturated carbocycles. The van der Waals surface area contributed by atoms with E-state index in [1.54, 1.807) is 0 Å². The monoisotopic (exact) mass is 796 g/mol. The molecule has 2 nitrogen and oxygen atoms in total. The zero-order chi connectivity index (χ0) is 43.1. The van der Waals surface area contributed by atoms with Crippen LogP contribution in [0.25, 0.3) is 99.5 Å². The summed E-state index contributed by atoms with van der Waals surface area (Å²) in [5.41, 5.74) is 26.6. The lowest BCUT2D eigenvalue weighted by molar-refractivity contribution is 1.18. The van der Waals surface area contributed by atoms with Gasteiger partial charge in [-0.25, -0.2) is 0 Å². The molecule has 0 aliphatic heterocycles. The molecule has 0 amide bonds. The molecule has 0 spiro atoms. The van der Waals surface area contributed by atoms with Crippen LogP contribution < -0.4 is 38.2 Å². The molecule has 2 aromatic heterocycles. The van der Waals surface area contributed by atoms with E-state index in [9.17, 15) is 0 Å². The summed E-state index contributed by atoms with van der Waals surface area (Å²) in [5, 5.41) is 5.21. The number of para-hydroxylation sites is 2. The Morgan fingerprint density at radius 2 is 0.841 bits per heavy atom. The fraction of sp³-hybridized carbons (Fsp3) is 0. The molecule has 290 valence electrons. The quantitative estimate of drug-likeness (QED) is 0.229. The first-order valence-corrected chi connectivity index (χ1v) is 22.2. The third kappa shape index (κ3) is 5.97. The van der Waals surface area contributed by atoms with E-state index in [1.807, 2.05) is 0 Å². The Kier molecular flexibility index (Phi) is 9.35. The number of hydrogen-bond acceptors (Lipinski definition) is 0. The molecule has 11 aromatic rings. The molecule has 0 radical (unpaired) electrons. The van der Waals surface area contributed by atoms with Crippen LogP contribution in [0, 0.1) is 0 Å². The predicted octanol–water partition coefficient (Wildman–Crippen LogP) is 2.36. The molecule has 63 heavy (non-hydrogen) atoms. The Morgan fingerprint density at radius 1 is 0.302 bits per heavy atom. The SMILES string of the molecule is Bc1c(B)c(B)c2c(c1B)c1c(B)c(-c3ccc4c(c3)c3cccc(-c5ccccc5)c3n4-c3cccc(-c4ccccc4)c3)c(B)c(B)c1n2-c1ccccc1-c1ccccc1. The van der Waals surface area contributed by atoms with E-state index < -0.39 is 0 Å². The van der Waals surface area contributed by atoms with Gasteiger partial charge in [0.2, 0.25) is 0 Å². The van der Waals surface area contributed by atoms with Crippen LogP contribution in [0.15, 0.2) is 176 Å². The number of fused-ring (bicyclic) bond motifs is 6. The molecule has 9 aromatic carbocycles. The maximum Gasteiger partial charge on any atom is 0.141 e. The fourth-order valence-corrected chi connectivity index (χ4v) is 10.7. The summed E-state index contributed by atoms with van der Waals surface area (Å²) in [6.45, 7) is 0. The molecule has 0 fully saturated rings. The second-order valence-corrected chi connectivity index (χ2v) is 17.5. The van der Waals surface area contributed by atoms with Gasteiger partial charge in [0.25, 0.3) is 0 Å². The lowest BCUT2D eigenvalue weighted by Crippen LogP contribution is -2.48. The Morgan fingerprint density at radius 3 is 1.54 bits per heavy atom. The Balaban J connectivity index is 1.22. The van der Waals surface area contributed by atoms with Crippen molar-refractivity contribution in [3.05, 3.63) is 176 Å². The molecule has 2 heterocycles. The van der Waals surface area contributed by atoms with Gasteiger partial charge in [0.15, 0.2) is 0 Å². The summed E-state index contributed by atoms with van der Waals surface area (Å²) in [4.78, 5) is 0. The molecule has 0 saturated heterocycles. The van der Waals surface area contributed by atoms with Crippen LogP contribution in [0.1, 0.15) is 0 Å². The van der Waals surface area contributed by atoms with Gasteiger partial charge in [-0.1, -0.05) is 178 Å².